The van der Waals surface area contributed by atoms with Crippen molar-refractivity contribution in [1.29, 1.82) is 0 Å². The Morgan fingerprint density at radius 2 is 1.16 bits per heavy atom. The van der Waals surface area contributed by atoms with Crippen molar-refractivity contribution in [3.8, 4) is 0 Å². The number of fused-ring (bicyclic) bond motifs is 1. The van der Waals surface area contributed by atoms with Crippen molar-refractivity contribution in [1.82, 2.24) is 42.2 Å². The van der Waals surface area contributed by atoms with Gasteiger partial charge in [0, 0.05) is 48.7 Å². The number of unbranched alkanes of at least 4 members (excludes halogenated alkanes) is 1. The molecule has 1 aromatic heterocycles. The van der Waals surface area contributed by atoms with E-state index in [1.807, 2.05) is 5.32 Å². The number of benzene rings is 1. The Morgan fingerprint density at radius 3 is 1.70 bits per heavy atom. The monoisotopic (exact) mass is 1060 g/mol. The van der Waals surface area contributed by atoms with Crippen molar-refractivity contribution in [2.75, 3.05) is 18.8 Å². The average molecular weight is 1060 g/mol. The van der Waals surface area contributed by atoms with E-state index in [9.17, 15) is 68.1 Å². The number of carboxylic acids is 2. The summed E-state index contributed by atoms with van der Waals surface area (Å²) in [6.45, 7) is 1.20. The number of aliphatic hydroxyl groups is 1. The average Bonchev–Trinajstić information content (AvgIpc) is 3.74. The van der Waals surface area contributed by atoms with Gasteiger partial charge in [-0.15, -0.1) is 0 Å². The Labute approximate surface area is 430 Å². The second-order valence-electron chi connectivity index (χ2n) is 17.1. The minimum absolute atomic E-state index is 0.00649. The van der Waals surface area contributed by atoms with Gasteiger partial charge in [-0.3, -0.25) is 52.9 Å². The lowest BCUT2D eigenvalue weighted by Gasteiger charge is -2.28. The number of aliphatic hydroxyl groups excluding tert-OH is 1. The molecule has 0 aliphatic heterocycles. The summed E-state index contributed by atoms with van der Waals surface area (Å²) in [5.74, 6) is -12.7. The normalized spacial score (nSPS) is 14.7. The third-order valence-corrected chi connectivity index (χ3v) is 11.5. The number of carboxylic acid groups (broad SMARTS) is 2. The highest BCUT2D eigenvalue weighted by molar-refractivity contribution is 7.80. The lowest BCUT2D eigenvalue weighted by molar-refractivity contribution is -0.143. The highest BCUT2D eigenvalue weighted by Crippen LogP contribution is 2.20. The van der Waals surface area contributed by atoms with Gasteiger partial charge in [-0.25, -0.2) is 4.79 Å². The molecule has 0 radical (unpaired) electrons. The first-order valence-electron chi connectivity index (χ1n) is 23.4. The van der Waals surface area contributed by atoms with Crippen LogP contribution in [0.25, 0.3) is 10.9 Å². The van der Waals surface area contributed by atoms with Crippen LogP contribution in [0.4, 0.5) is 0 Å². The topological polar surface area (TPSA) is 517 Å². The number of hydrogen-bond acceptors (Lipinski definition) is 16. The maximum Gasteiger partial charge on any atom is 0.326 e. The van der Waals surface area contributed by atoms with Crippen LogP contribution in [0.5, 0.6) is 0 Å². The zero-order valence-corrected chi connectivity index (χ0v) is 41.6. The van der Waals surface area contributed by atoms with Gasteiger partial charge in [0.25, 0.3) is 0 Å². The fourth-order valence-corrected chi connectivity index (χ4v) is 7.37. The Morgan fingerprint density at radius 1 is 0.635 bits per heavy atom. The highest BCUT2D eigenvalue weighted by Gasteiger charge is 2.36. The largest absolute Gasteiger partial charge is 0.481 e. The van der Waals surface area contributed by atoms with E-state index in [2.05, 4.69) is 54.5 Å². The number of H-pyrrole nitrogens is 1. The van der Waals surface area contributed by atoms with Crippen LogP contribution >= 0.6 is 12.6 Å². The smallest absolute Gasteiger partial charge is 0.326 e. The van der Waals surface area contributed by atoms with E-state index in [0.717, 1.165) is 12.4 Å². The fourth-order valence-electron chi connectivity index (χ4n) is 7.11. The standard InChI is InChI=1S/C44H69N15O14S/c1-21(60)35(42(71)58-31(20-74)41(70)57-30(43(72)73)18-33(48)62)59-39(68)27(10-6-16-51-44(49)50)53-38(67)28(12-14-34(63)64)55-37(66)26(9-4-5-15-45)54-40(69)29(56-36(65)24(46)11-13-32(47)61)17-22-19-52-25-8-3-2-7-23(22)25/h2-3,7-8,19,21,24,26-31,35,52,60,74H,4-6,9-18,20,45-46H2,1H3,(H2,47,61)(H2,48,62)(H,53,67)(H,54,69)(H,55,66)(H,56,65)(H,57,70)(H,58,71)(H,59,68)(H,63,64)(H,72,73)(H4,49,50,51)/t21-,24+,26+,27+,28+,29+,30+,31+,35+/m1/s1. The number of aliphatic imine (C=N–C) groups is 1. The van der Waals surface area contributed by atoms with Crippen molar-refractivity contribution in [3.05, 3.63) is 36.0 Å². The number of aliphatic carboxylic acids is 2. The molecule has 0 aliphatic carbocycles. The minimum atomic E-state index is -1.86. The van der Waals surface area contributed by atoms with Crippen LogP contribution in [0.1, 0.15) is 76.7 Å². The van der Waals surface area contributed by atoms with Gasteiger partial charge in [0.15, 0.2) is 5.96 Å². The van der Waals surface area contributed by atoms with Crippen LogP contribution in [0, 0.1) is 0 Å². The van der Waals surface area contributed by atoms with Gasteiger partial charge in [-0.05, 0) is 70.0 Å². The molecule has 0 fully saturated rings. The lowest BCUT2D eigenvalue weighted by atomic mass is 10.0. The number of nitrogens with two attached hydrogens (primary N) is 6. The van der Waals surface area contributed by atoms with E-state index in [-0.39, 0.29) is 64.0 Å². The third kappa shape index (κ3) is 22.0. The summed E-state index contributed by atoms with van der Waals surface area (Å²) in [4.78, 5) is 149. The summed E-state index contributed by atoms with van der Waals surface area (Å²) >= 11 is 4.02. The molecule has 0 bridgehead atoms. The molecule has 74 heavy (non-hydrogen) atoms. The Hall–Kier alpha value is -7.57. The maximum atomic E-state index is 14.2. The van der Waals surface area contributed by atoms with Gasteiger partial charge in [0.05, 0.1) is 18.6 Å². The number of thiol groups is 1. The number of carbonyl (C=O) groups is 11. The molecule has 0 aliphatic rings. The summed E-state index contributed by atoms with van der Waals surface area (Å²) in [6.07, 6.45) is -2.31. The van der Waals surface area contributed by atoms with Crippen LogP contribution in [-0.4, -0.2) is 165 Å². The van der Waals surface area contributed by atoms with Gasteiger partial charge in [0.2, 0.25) is 53.2 Å². The fraction of sp³-hybridized carbons (Fsp3) is 0.545. The number of carbonyl (C=O) groups excluding carboxylic acids is 9. The zero-order chi connectivity index (χ0) is 55.7. The summed E-state index contributed by atoms with van der Waals surface area (Å²) < 4.78 is 0. The highest BCUT2D eigenvalue weighted by atomic mass is 32.1. The van der Waals surface area contributed by atoms with E-state index in [1.54, 1.807) is 30.5 Å². The number of guanidine groups is 1. The van der Waals surface area contributed by atoms with E-state index >= 15 is 0 Å². The first-order valence-corrected chi connectivity index (χ1v) is 24.0. The molecular formula is C44H69N15O14S. The number of nitrogens with zero attached hydrogens (tertiary/aromatic N) is 1. The van der Waals surface area contributed by atoms with Crippen LogP contribution in [-0.2, 0) is 59.2 Å². The number of amides is 9. The molecule has 29 nitrogen and oxygen atoms in total. The summed E-state index contributed by atoms with van der Waals surface area (Å²) in [7, 11) is 0. The van der Waals surface area contributed by atoms with Crippen molar-refractivity contribution < 1.29 is 68.1 Å². The number of para-hydroxylation sites is 1. The van der Waals surface area contributed by atoms with Gasteiger partial charge in [0.1, 0.15) is 42.3 Å². The van der Waals surface area contributed by atoms with Crippen molar-refractivity contribution in [2.45, 2.75) is 132 Å². The molecule has 0 saturated heterocycles. The van der Waals surface area contributed by atoms with Crippen molar-refractivity contribution >= 4 is 94.6 Å². The first-order chi connectivity index (χ1) is 34.9. The molecule has 9 atom stereocenters. The predicted molar refractivity (Wildman–Crippen MR) is 269 cm³/mol. The zero-order valence-electron chi connectivity index (χ0n) is 40.7. The maximum absolute atomic E-state index is 14.2. The van der Waals surface area contributed by atoms with Gasteiger partial charge in [-0.1, -0.05) is 18.2 Å². The van der Waals surface area contributed by atoms with Crippen LogP contribution < -0.4 is 71.6 Å². The quantitative estimate of drug-likeness (QED) is 0.0132. The molecule has 0 spiro atoms. The Balaban J connectivity index is 2.47. The molecular weight excluding hydrogens is 995 g/mol. The molecule has 23 N–H and O–H groups in total. The molecule has 9 amide bonds. The summed E-state index contributed by atoms with van der Waals surface area (Å²) in [5.41, 5.74) is 34.2. The first kappa shape index (κ1) is 62.5. The van der Waals surface area contributed by atoms with E-state index < -0.39 is 145 Å². The van der Waals surface area contributed by atoms with E-state index in [4.69, 9.17) is 34.4 Å². The number of rotatable bonds is 35. The number of nitrogens with one attached hydrogen (secondary N) is 8. The van der Waals surface area contributed by atoms with Gasteiger partial charge in [-0.2, -0.15) is 12.6 Å². The van der Waals surface area contributed by atoms with Gasteiger partial charge < -0.3 is 91.9 Å². The van der Waals surface area contributed by atoms with Crippen LogP contribution in [0.2, 0.25) is 0 Å². The molecule has 0 saturated carbocycles. The van der Waals surface area contributed by atoms with Crippen molar-refractivity contribution in [2.24, 2.45) is 39.4 Å². The van der Waals surface area contributed by atoms with E-state index in [0.29, 0.717) is 17.4 Å². The molecule has 1 heterocycles. The number of primary amides is 2. The Kier molecular flexibility index (Phi) is 26.9. The Bertz CT molecular complexity index is 2330. The molecule has 410 valence electrons. The number of aromatic amines is 1. The van der Waals surface area contributed by atoms with E-state index in [1.165, 1.54) is 0 Å². The molecule has 0 unspecified atom stereocenters. The molecule has 2 rings (SSSR count). The second kappa shape index (κ2) is 31.8. The van der Waals surface area contributed by atoms with Crippen LogP contribution in [0.15, 0.2) is 35.5 Å². The second-order valence-corrected chi connectivity index (χ2v) is 17.5. The molecule has 2 aromatic rings. The minimum Gasteiger partial charge on any atom is -0.481 e. The van der Waals surface area contributed by atoms with Gasteiger partial charge >= 0.3 is 11.9 Å². The third-order valence-electron chi connectivity index (χ3n) is 11.1. The molecule has 1 aromatic carbocycles. The number of aromatic nitrogens is 1. The van der Waals surface area contributed by atoms with Crippen LogP contribution in [0.3, 0.4) is 0 Å². The van der Waals surface area contributed by atoms with Crippen molar-refractivity contribution in [3.63, 3.8) is 0 Å². The number of hydrogen-bond donors (Lipinski definition) is 18. The summed E-state index contributed by atoms with van der Waals surface area (Å²) in [5, 5.41) is 47.0. The SMILES string of the molecule is C[C@@H](O)[C@H](NC(=O)[C@H](CCCN=C(N)N)NC(=O)[C@H](CCC(=O)O)NC(=O)[C@H](CCCCN)NC(=O)[C@H](Cc1c[nH]c2ccccc12)NC(=O)[C@@H](N)CCC(N)=O)C(=O)N[C@@H](CS)C(=O)N[C@@H](CC(N)=O)C(=O)O. The lowest BCUT2D eigenvalue weighted by Crippen LogP contribution is -2.62. The predicted octanol–water partition coefficient (Wildman–Crippen LogP) is -5.99. The molecule has 30 heteroatoms. The summed E-state index contributed by atoms with van der Waals surface area (Å²) in [6, 6.07) is -5.50.